The predicted molar refractivity (Wildman–Crippen MR) is 257 cm³/mol. The number of alkyl carbamates (subject to hydrolysis) is 1. The summed E-state index contributed by atoms with van der Waals surface area (Å²) in [4.78, 5) is 53.0. The minimum Gasteiger partial charge on any atom is -0.497 e. The lowest BCUT2D eigenvalue weighted by molar-refractivity contribution is -0.332. The number of carbonyl (C=O) groups excluding carboxylic acids is 4. The molecule has 13 heteroatoms. The number of Topliss-reactive ketones (excluding diaryl/α,β-unsaturated/α-hetero) is 2. The second-order valence-electron chi connectivity index (χ2n) is 18.2. The standard InChI is InChI=1S/C55H70F2N2O9/c1-7-49-39(3)50(65-35-42-21-13-10-14-22-42)51(66-36-43-23-15-11-16-24-43)54(5,68-49)55(56,57)32-20-9-8-19-27-46(59-53(63)67-37-44-25-17-12-18-26-44)52(62)58-47(48(61)33-38(2)40(4)60)34-41-28-30-45(64-6)31-29-41/h10-18,21-26,28-31,38-39,46-47,49-51H,7-9,19-20,27,32-37H2,1-6H3,(H,58,62)(H,59,63)/t38-,39+,46+,47+,49-,50+,51-,54-/m1/s1. The van der Waals surface area contributed by atoms with Crippen LogP contribution in [-0.2, 0) is 59.6 Å². The van der Waals surface area contributed by atoms with Gasteiger partial charge < -0.3 is 34.3 Å². The molecule has 68 heavy (non-hydrogen) atoms. The number of nitrogens with one attached hydrogen (secondary N) is 2. The van der Waals surface area contributed by atoms with Crippen LogP contribution in [0.3, 0.4) is 0 Å². The highest BCUT2D eigenvalue weighted by Crippen LogP contribution is 2.48. The molecule has 8 atom stereocenters. The summed E-state index contributed by atoms with van der Waals surface area (Å²) in [5.74, 6) is -4.59. The Balaban J connectivity index is 1.27. The average Bonchev–Trinajstić information content (AvgIpc) is 3.34. The molecule has 11 nitrogen and oxygen atoms in total. The van der Waals surface area contributed by atoms with Gasteiger partial charge >= 0.3 is 6.09 Å². The Labute approximate surface area is 401 Å². The van der Waals surface area contributed by atoms with Gasteiger partial charge in [-0.25, -0.2) is 13.6 Å². The summed E-state index contributed by atoms with van der Waals surface area (Å²) in [6.07, 6.45) is -1.48. The Bertz CT molecular complexity index is 2160. The quantitative estimate of drug-likeness (QED) is 0.0560. The third-order valence-corrected chi connectivity index (χ3v) is 13.1. The molecular weight excluding hydrogens is 871 g/mol. The molecule has 0 spiro atoms. The van der Waals surface area contributed by atoms with E-state index in [9.17, 15) is 19.2 Å². The van der Waals surface area contributed by atoms with Gasteiger partial charge in [0.25, 0.3) is 5.92 Å². The van der Waals surface area contributed by atoms with Gasteiger partial charge in [0, 0.05) is 24.7 Å². The minimum atomic E-state index is -3.33. The van der Waals surface area contributed by atoms with Crippen molar-refractivity contribution in [2.75, 3.05) is 7.11 Å². The molecule has 2 N–H and O–H groups in total. The highest BCUT2D eigenvalue weighted by molar-refractivity contribution is 5.94. The number of rotatable bonds is 27. The lowest BCUT2D eigenvalue weighted by Crippen LogP contribution is -2.68. The van der Waals surface area contributed by atoms with E-state index in [0.717, 1.165) is 22.3 Å². The van der Waals surface area contributed by atoms with Crippen LogP contribution >= 0.6 is 0 Å². The first kappa shape index (κ1) is 53.5. The summed E-state index contributed by atoms with van der Waals surface area (Å²) in [7, 11) is 1.55. The summed E-state index contributed by atoms with van der Waals surface area (Å²) < 4.78 is 64.2. The van der Waals surface area contributed by atoms with Crippen LogP contribution in [0.2, 0.25) is 0 Å². The van der Waals surface area contributed by atoms with Gasteiger partial charge in [-0.15, -0.1) is 0 Å². The largest absolute Gasteiger partial charge is 0.497 e. The summed E-state index contributed by atoms with van der Waals surface area (Å²) in [6.45, 7) is 8.74. The van der Waals surface area contributed by atoms with Crippen LogP contribution in [0.1, 0.15) is 108 Å². The van der Waals surface area contributed by atoms with Crippen molar-refractivity contribution in [3.8, 4) is 5.75 Å². The fourth-order valence-electron chi connectivity index (χ4n) is 8.63. The average molecular weight is 941 g/mol. The summed E-state index contributed by atoms with van der Waals surface area (Å²) in [5.41, 5.74) is 1.25. The fourth-order valence-corrected chi connectivity index (χ4v) is 8.63. The van der Waals surface area contributed by atoms with Gasteiger partial charge in [-0.05, 0) is 73.9 Å². The van der Waals surface area contributed by atoms with Gasteiger partial charge in [0.2, 0.25) is 5.91 Å². The maximum atomic E-state index is 17.0. The topological polar surface area (TPSA) is 138 Å². The predicted octanol–water partition coefficient (Wildman–Crippen LogP) is 10.6. The number of amides is 2. The molecule has 0 bridgehead atoms. The Morgan fingerprint density at radius 3 is 1.85 bits per heavy atom. The van der Waals surface area contributed by atoms with E-state index < -0.39 is 66.3 Å². The molecule has 2 amide bonds. The number of hydrogen-bond donors (Lipinski definition) is 2. The van der Waals surface area contributed by atoms with Crippen LogP contribution < -0.4 is 15.4 Å². The zero-order valence-corrected chi connectivity index (χ0v) is 40.4. The Kier molecular flexibility index (Phi) is 20.7. The number of methoxy groups -OCH3 is 1. The van der Waals surface area contributed by atoms with E-state index in [0.29, 0.717) is 31.4 Å². The van der Waals surface area contributed by atoms with Gasteiger partial charge in [0.05, 0.1) is 38.6 Å². The van der Waals surface area contributed by atoms with Crippen molar-refractivity contribution < 1.29 is 51.6 Å². The van der Waals surface area contributed by atoms with Gasteiger partial charge in [-0.3, -0.25) is 14.4 Å². The van der Waals surface area contributed by atoms with Crippen molar-refractivity contribution in [3.63, 3.8) is 0 Å². The summed E-state index contributed by atoms with van der Waals surface area (Å²) in [6, 6.07) is 33.1. The van der Waals surface area contributed by atoms with E-state index in [-0.39, 0.29) is 63.0 Å². The smallest absolute Gasteiger partial charge is 0.408 e. The van der Waals surface area contributed by atoms with E-state index in [4.69, 9.17) is 23.7 Å². The second-order valence-corrected chi connectivity index (χ2v) is 18.2. The molecule has 1 saturated heterocycles. The molecule has 0 unspecified atom stereocenters. The van der Waals surface area contributed by atoms with Crippen LogP contribution in [0.5, 0.6) is 5.75 Å². The first-order valence-corrected chi connectivity index (χ1v) is 23.9. The lowest BCUT2D eigenvalue weighted by atomic mass is 9.76. The molecule has 0 aliphatic carbocycles. The van der Waals surface area contributed by atoms with Crippen molar-refractivity contribution in [1.29, 1.82) is 0 Å². The normalized spacial score (nSPS) is 20.6. The first-order valence-electron chi connectivity index (χ1n) is 23.9. The first-order chi connectivity index (χ1) is 32.6. The third kappa shape index (κ3) is 15.5. The van der Waals surface area contributed by atoms with Crippen LogP contribution in [-0.4, -0.2) is 72.6 Å². The zero-order chi connectivity index (χ0) is 49.1. The van der Waals surface area contributed by atoms with Crippen molar-refractivity contribution in [1.82, 2.24) is 10.6 Å². The highest BCUT2D eigenvalue weighted by atomic mass is 19.3. The third-order valence-electron chi connectivity index (χ3n) is 13.1. The number of carbonyl (C=O) groups is 4. The van der Waals surface area contributed by atoms with E-state index in [1.165, 1.54) is 13.8 Å². The number of ether oxygens (including phenoxy) is 5. The lowest BCUT2D eigenvalue weighted by Gasteiger charge is -2.53. The molecule has 0 aromatic heterocycles. The molecule has 368 valence electrons. The van der Waals surface area contributed by atoms with Crippen LogP contribution in [0.15, 0.2) is 115 Å². The number of unbranched alkanes of at least 4 members (excludes halogenated alkanes) is 3. The van der Waals surface area contributed by atoms with Gasteiger partial charge in [0.15, 0.2) is 11.4 Å². The molecule has 4 aromatic carbocycles. The number of ketones is 2. The van der Waals surface area contributed by atoms with E-state index in [1.807, 2.05) is 92.7 Å². The zero-order valence-electron chi connectivity index (χ0n) is 40.4. The number of hydrogen-bond acceptors (Lipinski definition) is 9. The second kappa shape index (κ2) is 26.3. The number of alkyl halides is 2. The van der Waals surface area contributed by atoms with Gasteiger partial charge in [-0.1, -0.05) is 143 Å². The molecule has 1 fully saturated rings. The van der Waals surface area contributed by atoms with E-state index in [2.05, 4.69) is 10.6 Å². The molecule has 1 heterocycles. The Morgan fingerprint density at radius 1 is 0.735 bits per heavy atom. The molecule has 4 aromatic rings. The fraction of sp³-hybridized carbons (Fsp3) is 0.491. The monoisotopic (exact) mass is 941 g/mol. The number of benzene rings is 4. The Hall–Kier alpha value is -5.50. The summed E-state index contributed by atoms with van der Waals surface area (Å²) in [5, 5.41) is 5.53. The molecule has 0 saturated carbocycles. The van der Waals surface area contributed by atoms with Gasteiger partial charge in [-0.2, -0.15) is 0 Å². The van der Waals surface area contributed by atoms with Crippen LogP contribution in [0.25, 0.3) is 0 Å². The van der Waals surface area contributed by atoms with Crippen molar-refractivity contribution in [2.24, 2.45) is 11.8 Å². The van der Waals surface area contributed by atoms with E-state index in [1.54, 1.807) is 50.4 Å². The molecule has 5 rings (SSSR count). The van der Waals surface area contributed by atoms with Crippen molar-refractivity contribution in [3.05, 3.63) is 138 Å². The highest BCUT2D eigenvalue weighted by Gasteiger charge is 2.63. The maximum absolute atomic E-state index is 17.0. The Morgan fingerprint density at radius 2 is 1.29 bits per heavy atom. The van der Waals surface area contributed by atoms with Crippen LogP contribution in [0.4, 0.5) is 13.6 Å². The molecular formula is C55H70F2N2O9. The van der Waals surface area contributed by atoms with Crippen molar-refractivity contribution in [2.45, 2.75) is 154 Å². The van der Waals surface area contributed by atoms with Gasteiger partial charge in [0.1, 0.15) is 30.3 Å². The maximum Gasteiger partial charge on any atom is 0.408 e. The molecule has 1 aliphatic heterocycles. The van der Waals surface area contributed by atoms with E-state index >= 15 is 8.78 Å². The SMILES string of the molecule is CC[C@H]1O[C@@](C)(C(F)(F)CCCCCC[C@H](NC(=O)OCc2ccccc2)C(=O)N[C@@H](Cc2ccc(OC)cc2)C(=O)C[C@@H](C)C(C)=O)[C@H](OCc2ccccc2)[C@@H](OCc2ccccc2)[C@H]1C. The minimum absolute atomic E-state index is 0.0324. The number of halogens is 2. The molecule has 1 aliphatic rings. The van der Waals surface area contributed by atoms with Crippen LogP contribution in [0, 0.1) is 11.8 Å². The summed E-state index contributed by atoms with van der Waals surface area (Å²) >= 11 is 0. The van der Waals surface area contributed by atoms with Crippen molar-refractivity contribution >= 4 is 23.6 Å². The molecule has 0 radical (unpaired) electrons.